The Morgan fingerprint density at radius 2 is 1.60 bits per heavy atom. The zero-order chi connectivity index (χ0) is 20.2. The molecule has 1 saturated carbocycles. The fourth-order valence-corrected chi connectivity index (χ4v) is 1.45. The summed E-state index contributed by atoms with van der Waals surface area (Å²) in [6.07, 6.45) is 18.7. The van der Waals surface area contributed by atoms with Crippen molar-refractivity contribution in [2.45, 2.75) is 79.1 Å². The van der Waals surface area contributed by atoms with Crippen LogP contribution in [0.2, 0.25) is 0 Å². The van der Waals surface area contributed by atoms with E-state index in [0.29, 0.717) is 21.7 Å². The monoisotopic (exact) mass is 615 g/mol. The van der Waals surface area contributed by atoms with Gasteiger partial charge in [-0.1, -0.05) is 70.1 Å². The van der Waals surface area contributed by atoms with Gasteiger partial charge in [-0.25, -0.2) is 0 Å². The molecule has 0 aromatic heterocycles. The summed E-state index contributed by atoms with van der Waals surface area (Å²) in [4.78, 5) is 19.8. The van der Waals surface area contributed by atoms with Gasteiger partial charge in [-0.3, -0.25) is 4.79 Å². The van der Waals surface area contributed by atoms with Crippen LogP contribution in [0.15, 0.2) is 37.0 Å². The van der Waals surface area contributed by atoms with E-state index < -0.39 is 0 Å². The number of unbranched alkanes of at least 4 members (excludes halogenated alkanes) is 2. The van der Waals surface area contributed by atoms with E-state index in [1.54, 1.807) is 6.08 Å². The second-order valence-corrected chi connectivity index (χ2v) is 16.7. The summed E-state index contributed by atoms with van der Waals surface area (Å²) in [7, 11) is 0.628. The maximum absolute atomic E-state index is 10.2. The van der Waals surface area contributed by atoms with Gasteiger partial charge in [0.25, 0.3) is 0 Å². The van der Waals surface area contributed by atoms with Crippen molar-refractivity contribution in [2.24, 2.45) is 0 Å². The molecule has 1 rings (SSSR count). The number of carbonyl (C=O) groups is 2. The van der Waals surface area contributed by atoms with Crippen molar-refractivity contribution < 1.29 is 20.5 Å². The molecule has 0 spiro atoms. The van der Waals surface area contributed by atoms with Gasteiger partial charge in [0.1, 0.15) is 12.1 Å². The Hall–Kier alpha value is 0.604. The van der Waals surface area contributed by atoms with Crippen LogP contribution in [0.25, 0.3) is 0 Å². The van der Waals surface area contributed by atoms with Crippen LogP contribution in [-0.2, 0) is 19.1 Å². The molecule has 0 saturated heterocycles. The Labute approximate surface area is 187 Å². The molecule has 0 radical (unpaired) electrons. The normalized spacial score (nSPS) is 11.7. The average Bonchev–Trinajstić information content (AvgIpc) is 3.08. The Morgan fingerprint density at radius 3 is 1.68 bits per heavy atom. The molecule has 1 aliphatic rings. The second-order valence-electron chi connectivity index (χ2n) is 4.90. The first-order valence-electron chi connectivity index (χ1n) is 8.78. The standard InChI is InChI=1S/2C5H8O.C5H12.C5H8.2HI.V.H2/c6-5-3-1-2-4-5;1-2-3-4-5-6;2*1-3-5-4-2;;;;/h1-4H2;2-3,5H,4H2,1H3;3-5H2,1-2H3;3-5H,1H2,2H3;2*1H;;1H/q;;;;;;+2;/p-2. The van der Waals surface area contributed by atoms with Crippen LogP contribution in [0.5, 0.6) is 0 Å². The van der Waals surface area contributed by atoms with Gasteiger partial charge < -0.3 is 4.79 Å². The van der Waals surface area contributed by atoms with Gasteiger partial charge in [-0.15, -0.1) is 0 Å². The van der Waals surface area contributed by atoms with Crippen molar-refractivity contribution in [3.8, 4) is 0 Å². The first kappa shape index (κ1) is 33.2. The number of aldehydes is 1. The van der Waals surface area contributed by atoms with Gasteiger partial charge >= 0.3 is 49.4 Å². The van der Waals surface area contributed by atoms with Gasteiger partial charge in [0.2, 0.25) is 0 Å². The quantitative estimate of drug-likeness (QED) is 0.135. The molecule has 149 valence electrons. The van der Waals surface area contributed by atoms with Crippen LogP contribution in [0, 0.1) is 0 Å². The molecule has 0 heterocycles. The summed E-state index contributed by atoms with van der Waals surface area (Å²) < 4.78 is 0. The fraction of sp³-hybridized carbons (Fsp3) is 0.600. The van der Waals surface area contributed by atoms with E-state index in [9.17, 15) is 9.59 Å². The first-order valence-corrected chi connectivity index (χ1v) is 17.8. The molecule has 0 aromatic carbocycles. The summed E-state index contributed by atoms with van der Waals surface area (Å²) >= 11 is 4.74. The zero-order valence-corrected chi connectivity index (χ0v) is 22.1. The van der Waals surface area contributed by atoms with Crippen molar-refractivity contribution in [2.75, 3.05) is 0 Å². The van der Waals surface area contributed by atoms with E-state index in [2.05, 4.69) is 60.4 Å². The predicted octanol–water partition coefficient (Wildman–Crippen LogP) is 8.24. The summed E-state index contributed by atoms with van der Waals surface area (Å²) in [5.41, 5.74) is 0. The molecule has 0 bridgehead atoms. The van der Waals surface area contributed by atoms with Crippen LogP contribution < -0.4 is 0 Å². The molecule has 0 N–H and O–H groups in total. The third-order valence-electron chi connectivity index (χ3n) is 2.66. The van der Waals surface area contributed by atoms with Gasteiger partial charge in [0.05, 0.1) is 0 Å². The number of hydrogen-bond acceptors (Lipinski definition) is 2. The molecule has 0 unspecified atom stereocenters. The summed E-state index contributed by atoms with van der Waals surface area (Å²) in [5, 5.41) is 0. The number of halogens is 2. The van der Waals surface area contributed by atoms with Crippen LogP contribution in [-0.4, -0.2) is 12.1 Å². The zero-order valence-electron chi connectivity index (χ0n) is 16.3. The molecular weight excluding hydrogens is 577 g/mol. The number of ketones is 1. The van der Waals surface area contributed by atoms with Crippen molar-refractivity contribution in [3.05, 3.63) is 37.0 Å². The minimum atomic E-state index is 0. The molecule has 25 heavy (non-hydrogen) atoms. The molecule has 0 aliphatic heterocycles. The van der Waals surface area contributed by atoms with E-state index in [1.165, 1.54) is 19.3 Å². The molecule has 0 atom stereocenters. The Balaban J connectivity index is -0.0000000713. The number of allylic oxidation sites excluding steroid dienone is 5. The molecule has 2 nitrogen and oxygen atoms in total. The molecule has 0 amide bonds. The number of Topliss-reactive ketones (excluding diaryl/α,β-unsaturated/α-hetero) is 1. The van der Waals surface area contributed by atoms with E-state index >= 15 is 0 Å². The topological polar surface area (TPSA) is 34.1 Å². The number of carbonyl (C=O) groups excluding carboxylic acids is 2. The van der Waals surface area contributed by atoms with Crippen LogP contribution in [0.3, 0.4) is 0 Å². The van der Waals surface area contributed by atoms with Gasteiger partial charge in [0, 0.05) is 20.7 Å². The summed E-state index contributed by atoms with van der Waals surface area (Å²) in [5.74, 6) is 0.454. The number of hydrogen-bond donors (Lipinski definition) is 0. The third kappa shape index (κ3) is 58.9. The van der Waals surface area contributed by atoms with Crippen molar-refractivity contribution in [1.29, 1.82) is 0 Å². The van der Waals surface area contributed by atoms with Crippen molar-refractivity contribution in [3.63, 3.8) is 0 Å². The van der Waals surface area contributed by atoms with E-state index in [4.69, 9.17) is 0 Å². The van der Waals surface area contributed by atoms with Crippen LogP contribution >= 0.6 is 40.0 Å². The van der Waals surface area contributed by atoms with Crippen LogP contribution in [0.1, 0.15) is 80.5 Å². The van der Waals surface area contributed by atoms with E-state index in [-0.39, 0.29) is 1.43 Å². The van der Waals surface area contributed by atoms with E-state index in [0.717, 1.165) is 32.0 Å². The molecule has 5 heteroatoms. The van der Waals surface area contributed by atoms with E-state index in [1.807, 2.05) is 38.2 Å². The second kappa shape index (κ2) is 39.6. The Bertz CT molecular complexity index is 313. The van der Waals surface area contributed by atoms with Crippen LogP contribution in [0.4, 0.5) is 0 Å². The van der Waals surface area contributed by atoms with Crippen molar-refractivity contribution in [1.82, 2.24) is 0 Å². The van der Waals surface area contributed by atoms with Crippen molar-refractivity contribution >= 4 is 52.0 Å². The Kier molecular flexibility index (Phi) is 52.6. The maximum atomic E-state index is 10.2. The number of rotatable bonds is 5. The molecule has 0 aromatic rings. The molecular formula is C20H38I2O2V. The predicted molar refractivity (Wildman–Crippen MR) is 129 cm³/mol. The third-order valence-corrected chi connectivity index (χ3v) is 2.66. The Morgan fingerprint density at radius 1 is 1.12 bits per heavy atom. The summed E-state index contributed by atoms with van der Waals surface area (Å²) in [6, 6.07) is 0. The van der Waals surface area contributed by atoms with Gasteiger partial charge in [-0.05, 0) is 26.7 Å². The average molecular weight is 615 g/mol. The SMILES string of the molecule is C=CC=CC.CC=CCC=O.CCCCC.O=C1CCCC1.[HH].[I][V][I]. The van der Waals surface area contributed by atoms with Gasteiger partial charge in [0.15, 0.2) is 0 Å². The first-order chi connectivity index (χ1) is 12.1. The molecule has 1 fully saturated rings. The minimum absolute atomic E-state index is 0. The summed E-state index contributed by atoms with van der Waals surface area (Å²) in [6.45, 7) is 11.7. The van der Waals surface area contributed by atoms with Gasteiger partial charge in [-0.2, -0.15) is 0 Å². The fourth-order valence-electron chi connectivity index (χ4n) is 1.45. The molecule has 1 aliphatic carbocycles.